The van der Waals surface area contributed by atoms with E-state index in [1.165, 1.54) is 36.4 Å². The van der Waals surface area contributed by atoms with Crippen molar-refractivity contribution >= 4 is 69.9 Å². The molecule has 0 aliphatic carbocycles. The minimum Gasteiger partial charge on any atom is -0.206 e. The van der Waals surface area contributed by atoms with Gasteiger partial charge in [0.15, 0.2) is 0 Å². The van der Waals surface area contributed by atoms with Crippen molar-refractivity contribution in [3.8, 4) is 0 Å². The van der Waals surface area contributed by atoms with Crippen molar-refractivity contribution in [1.82, 2.24) is 0 Å². The van der Waals surface area contributed by atoms with E-state index in [1.54, 1.807) is 0 Å². The molecule has 2 aromatic rings. The Balaban J connectivity index is 2.04. The highest BCUT2D eigenvalue weighted by atomic mass is 35.5. The van der Waals surface area contributed by atoms with Gasteiger partial charge < -0.3 is 0 Å². The molecule has 0 spiro atoms. The molecule has 0 N–H and O–H groups in total. The monoisotopic (exact) mass is 482 g/mol. The summed E-state index contributed by atoms with van der Waals surface area (Å²) in [6.45, 7) is 0. The maximum atomic E-state index is 14.1. The first-order chi connectivity index (χ1) is 12.0. The first-order valence-corrected chi connectivity index (χ1v) is 10.3. The maximum absolute atomic E-state index is 14.1. The zero-order valence-corrected chi connectivity index (χ0v) is 17.4. The number of halogens is 8. The van der Waals surface area contributed by atoms with E-state index in [1.807, 2.05) is 0 Å². The van der Waals surface area contributed by atoms with Gasteiger partial charge in [-0.15, -0.1) is 11.8 Å². The molecule has 0 saturated heterocycles. The summed E-state index contributed by atoms with van der Waals surface area (Å²) in [5, 5.41) is -3.00. The predicted octanol–water partition coefficient (Wildman–Crippen LogP) is 8.80. The van der Waals surface area contributed by atoms with E-state index in [0.29, 0.717) is 21.7 Å². The number of hydrogen-bond donors (Lipinski definition) is 0. The molecular formula is C16H10Cl4F4S2. The summed E-state index contributed by atoms with van der Waals surface area (Å²) in [4.78, 5) is 0.234. The van der Waals surface area contributed by atoms with Gasteiger partial charge in [0.2, 0.25) is 0 Å². The van der Waals surface area contributed by atoms with Gasteiger partial charge in [-0.05, 0) is 36.4 Å². The van der Waals surface area contributed by atoms with E-state index >= 15 is 0 Å². The molecular weight excluding hydrogens is 474 g/mol. The minimum absolute atomic E-state index is 0.0162. The Hall–Kier alpha value is 0.0200. The van der Waals surface area contributed by atoms with Crippen LogP contribution in [0, 0.1) is 0 Å². The maximum Gasteiger partial charge on any atom is 0.304 e. The molecule has 2 rings (SSSR count). The van der Waals surface area contributed by atoms with Crippen molar-refractivity contribution in [2.45, 2.75) is 27.4 Å². The van der Waals surface area contributed by atoms with Crippen LogP contribution in [0.3, 0.4) is 0 Å². The van der Waals surface area contributed by atoms with Crippen molar-refractivity contribution in [2.24, 2.45) is 0 Å². The number of benzene rings is 2. The molecule has 0 fully saturated rings. The molecule has 0 atom stereocenters. The zero-order chi connectivity index (χ0) is 19.5. The van der Waals surface area contributed by atoms with E-state index < -0.39 is 23.4 Å². The summed E-state index contributed by atoms with van der Waals surface area (Å²) >= 11 is 23.8. The summed E-state index contributed by atoms with van der Waals surface area (Å²) in [5.74, 6) is -4.51. The second-order valence-corrected chi connectivity index (χ2v) is 9.16. The molecule has 0 nitrogen and oxygen atoms in total. The second kappa shape index (κ2) is 9.01. The van der Waals surface area contributed by atoms with Crippen LogP contribution < -0.4 is 0 Å². The fraction of sp³-hybridized carbons (Fsp3) is 0.250. The standard InChI is InChI=1S/C16H10Cl4F4S2/c17-9-1-3-11(19)13(5-9)25-8-15(21,22)7-16(23,24)26-14-6-10(18)2-4-12(14)20/h1-6H,7-8H2. The number of rotatable bonds is 7. The molecule has 0 aliphatic rings. The van der Waals surface area contributed by atoms with Crippen LogP contribution in [0.1, 0.15) is 6.42 Å². The first-order valence-electron chi connectivity index (χ1n) is 6.95. The average molecular weight is 484 g/mol. The SMILES string of the molecule is FC(F)(CSc1cc(Cl)ccc1Cl)CC(F)(F)Sc1cc(Cl)ccc1Cl. The first kappa shape index (κ1) is 22.3. The lowest BCUT2D eigenvalue weighted by Crippen LogP contribution is -2.29. The van der Waals surface area contributed by atoms with Gasteiger partial charge in [-0.25, -0.2) is 8.78 Å². The molecule has 0 saturated carbocycles. The Kier molecular flexibility index (Phi) is 7.73. The Morgan fingerprint density at radius 2 is 1.27 bits per heavy atom. The highest BCUT2D eigenvalue weighted by molar-refractivity contribution is 8.00. The molecule has 0 unspecified atom stereocenters. The number of thioether (sulfide) groups is 2. The lowest BCUT2D eigenvalue weighted by molar-refractivity contribution is -0.0492. The van der Waals surface area contributed by atoms with Gasteiger partial charge >= 0.3 is 5.25 Å². The van der Waals surface area contributed by atoms with Gasteiger partial charge in [-0.2, -0.15) is 8.78 Å². The molecule has 10 heteroatoms. The number of alkyl halides is 4. The van der Waals surface area contributed by atoms with Crippen LogP contribution >= 0.6 is 69.9 Å². The lowest BCUT2D eigenvalue weighted by atomic mass is 10.3. The van der Waals surface area contributed by atoms with E-state index in [-0.39, 0.29) is 31.7 Å². The van der Waals surface area contributed by atoms with Crippen LogP contribution in [0.25, 0.3) is 0 Å². The third kappa shape index (κ3) is 6.88. The second-order valence-electron chi connectivity index (χ2n) is 5.21. The van der Waals surface area contributed by atoms with Crippen molar-refractivity contribution in [1.29, 1.82) is 0 Å². The summed E-state index contributed by atoms with van der Waals surface area (Å²) in [5.41, 5.74) is 0. The summed E-state index contributed by atoms with van der Waals surface area (Å²) in [6.07, 6.45) is -1.65. The van der Waals surface area contributed by atoms with Gasteiger partial charge in [0, 0.05) is 19.8 Å². The topological polar surface area (TPSA) is 0 Å². The Morgan fingerprint density at radius 1 is 0.769 bits per heavy atom. The Bertz CT molecular complexity index is 787. The van der Waals surface area contributed by atoms with Crippen LogP contribution in [-0.2, 0) is 0 Å². The highest BCUT2D eigenvalue weighted by Crippen LogP contribution is 2.47. The predicted molar refractivity (Wildman–Crippen MR) is 104 cm³/mol. The van der Waals surface area contributed by atoms with E-state index in [4.69, 9.17) is 46.4 Å². The molecule has 0 radical (unpaired) electrons. The lowest BCUT2D eigenvalue weighted by Gasteiger charge is -2.23. The van der Waals surface area contributed by atoms with Gasteiger partial charge in [-0.1, -0.05) is 58.2 Å². The van der Waals surface area contributed by atoms with Crippen molar-refractivity contribution < 1.29 is 17.6 Å². The normalized spacial score (nSPS) is 12.5. The largest absolute Gasteiger partial charge is 0.304 e. The minimum atomic E-state index is -3.74. The average Bonchev–Trinajstić information content (AvgIpc) is 2.50. The van der Waals surface area contributed by atoms with E-state index in [2.05, 4.69) is 0 Å². The van der Waals surface area contributed by atoms with Crippen LogP contribution in [0.2, 0.25) is 20.1 Å². The third-order valence-electron chi connectivity index (χ3n) is 2.95. The van der Waals surface area contributed by atoms with Crippen LogP contribution in [0.15, 0.2) is 46.2 Å². The van der Waals surface area contributed by atoms with Gasteiger partial charge in [-0.3, -0.25) is 0 Å². The van der Waals surface area contributed by atoms with Gasteiger partial charge in [0.25, 0.3) is 5.92 Å². The van der Waals surface area contributed by atoms with E-state index in [9.17, 15) is 17.6 Å². The summed E-state index contributed by atoms with van der Waals surface area (Å²) in [6, 6.07) is 8.33. The number of hydrogen-bond acceptors (Lipinski definition) is 2. The molecule has 0 amide bonds. The molecule has 0 bridgehead atoms. The fourth-order valence-electron chi connectivity index (χ4n) is 1.88. The van der Waals surface area contributed by atoms with Crippen molar-refractivity contribution in [3.63, 3.8) is 0 Å². The molecule has 0 aromatic heterocycles. The third-order valence-corrected chi connectivity index (χ3v) is 6.52. The quantitative estimate of drug-likeness (QED) is 0.285. The summed E-state index contributed by atoms with van der Waals surface area (Å²) in [7, 11) is 0. The Labute approximate surface area is 176 Å². The van der Waals surface area contributed by atoms with Crippen molar-refractivity contribution in [2.75, 3.05) is 5.75 Å². The zero-order valence-electron chi connectivity index (χ0n) is 12.7. The van der Waals surface area contributed by atoms with Crippen LogP contribution in [-0.4, -0.2) is 16.9 Å². The Morgan fingerprint density at radius 3 is 1.85 bits per heavy atom. The highest BCUT2D eigenvalue weighted by Gasteiger charge is 2.44. The van der Waals surface area contributed by atoms with Crippen LogP contribution in [0.5, 0.6) is 0 Å². The molecule has 0 heterocycles. The molecule has 142 valence electrons. The fourth-order valence-corrected chi connectivity index (χ4v) is 4.71. The summed E-state index contributed by atoms with van der Waals surface area (Å²) < 4.78 is 56.4. The van der Waals surface area contributed by atoms with Gasteiger partial charge in [0.1, 0.15) is 0 Å². The van der Waals surface area contributed by atoms with E-state index in [0.717, 1.165) is 0 Å². The smallest absolute Gasteiger partial charge is 0.206 e. The van der Waals surface area contributed by atoms with Crippen LogP contribution in [0.4, 0.5) is 17.6 Å². The van der Waals surface area contributed by atoms with Gasteiger partial charge in [0.05, 0.1) is 22.2 Å². The van der Waals surface area contributed by atoms with Crippen molar-refractivity contribution in [3.05, 3.63) is 56.5 Å². The molecule has 26 heavy (non-hydrogen) atoms. The molecule has 0 aliphatic heterocycles. The molecule has 2 aromatic carbocycles.